The number of nitrogens with zero attached hydrogens (tertiary/aromatic N) is 3. The first-order valence-electron chi connectivity index (χ1n) is 6.80. The molecule has 2 aromatic rings. The van der Waals surface area contributed by atoms with Crippen molar-refractivity contribution < 1.29 is 0 Å². The van der Waals surface area contributed by atoms with Gasteiger partial charge < -0.3 is 5.32 Å². The van der Waals surface area contributed by atoms with Gasteiger partial charge in [0, 0.05) is 22.3 Å². The van der Waals surface area contributed by atoms with Gasteiger partial charge in [-0.1, -0.05) is 6.42 Å². The molecule has 3 rings (SSSR count). The molecule has 1 aliphatic rings. The number of nitrogens with one attached hydrogen (secondary N) is 1. The minimum atomic E-state index is 0.752. The Bertz CT molecular complexity index is 564. The molecule has 19 heavy (non-hydrogen) atoms. The van der Waals surface area contributed by atoms with Gasteiger partial charge in [-0.05, 0) is 32.6 Å². The van der Waals surface area contributed by atoms with Gasteiger partial charge in [-0.2, -0.15) is 0 Å². The third-order valence-electron chi connectivity index (χ3n) is 3.45. The van der Waals surface area contributed by atoms with E-state index in [1.165, 1.54) is 30.5 Å². The van der Waals surface area contributed by atoms with Crippen molar-refractivity contribution in [1.29, 1.82) is 0 Å². The summed E-state index contributed by atoms with van der Waals surface area (Å²) in [5.74, 6) is 1.000. The van der Waals surface area contributed by atoms with Gasteiger partial charge in [0.1, 0.15) is 17.2 Å². The van der Waals surface area contributed by atoms with Crippen LogP contribution in [0.3, 0.4) is 0 Å². The topological polar surface area (TPSA) is 50.7 Å². The second kappa shape index (κ2) is 5.65. The molecule has 0 saturated heterocycles. The van der Waals surface area contributed by atoms with Crippen LogP contribution in [-0.2, 0) is 19.4 Å². The Morgan fingerprint density at radius 1 is 1.21 bits per heavy atom. The second-order valence-corrected chi connectivity index (χ2v) is 5.89. The molecule has 0 amide bonds. The molecule has 1 aliphatic carbocycles. The molecule has 0 atom stereocenters. The molecule has 0 fully saturated rings. The summed E-state index contributed by atoms with van der Waals surface area (Å²) in [6, 6.07) is 0. The smallest absolute Gasteiger partial charge is 0.133 e. The monoisotopic (exact) mass is 274 g/mol. The van der Waals surface area contributed by atoms with E-state index in [4.69, 9.17) is 0 Å². The summed E-state index contributed by atoms with van der Waals surface area (Å²) in [5.41, 5.74) is 3.63. The zero-order valence-electron chi connectivity index (χ0n) is 11.1. The summed E-state index contributed by atoms with van der Waals surface area (Å²) in [5, 5.41) is 6.62. The molecule has 0 radical (unpaired) electrons. The van der Waals surface area contributed by atoms with Gasteiger partial charge in [0.05, 0.1) is 6.54 Å². The Labute approximate surface area is 117 Å². The standard InChI is InChI=1S/C14H18N4S/c1-10-8-19-13(18-10)7-15-14-11-5-3-2-4-6-12(11)16-9-17-14/h8-9H,2-7H2,1H3,(H,15,16,17). The van der Waals surface area contributed by atoms with E-state index < -0.39 is 0 Å². The first-order valence-corrected chi connectivity index (χ1v) is 7.68. The number of fused-ring (bicyclic) bond motifs is 1. The van der Waals surface area contributed by atoms with Crippen molar-refractivity contribution in [2.45, 2.75) is 45.6 Å². The Hall–Kier alpha value is -1.49. The number of aryl methyl sites for hydroxylation is 2. The summed E-state index contributed by atoms with van der Waals surface area (Å²) in [6.07, 6.45) is 7.64. The van der Waals surface area contributed by atoms with Gasteiger partial charge >= 0.3 is 0 Å². The molecule has 1 N–H and O–H groups in total. The summed E-state index contributed by atoms with van der Waals surface area (Å²) < 4.78 is 0. The van der Waals surface area contributed by atoms with Crippen LogP contribution in [0.4, 0.5) is 5.82 Å². The van der Waals surface area contributed by atoms with Gasteiger partial charge in [-0.15, -0.1) is 11.3 Å². The van der Waals surface area contributed by atoms with Crippen LogP contribution in [-0.4, -0.2) is 15.0 Å². The van der Waals surface area contributed by atoms with Crippen LogP contribution < -0.4 is 5.32 Å². The quantitative estimate of drug-likeness (QED) is 0.874. The SMILES string of the molecule is Cc1csc(CNc2ncnc3c2CCCCC3)n1. The highest BCUT2D eigenvalue weighted by molar-refractivity contribution is 7.09. The molecule has 0 aliphatic heterocycles. The maximum absolute atomic E-state index is 4.47. The molecule has 2 aromatic heterocycles. The molecule has 2 heterocycles. The van der Waals surface area contributed by atoms with Gasteiger partial charge in [-0.25, -0.2) is 15.0 Å². The van der Waals surface area contributed by atoms with Gasteiger partial charge in [0.2, 0.25) is 0 Å². The molecule has 0 saturated carbocycles. The molecular formula is C14H18N4S. The van der Waals surface area contributed by atoms with Crippen molar-refractivity contribution >= 4 is 17.2 Å². The molecular weight excluding hydrogens is 256 g/mol. The van der Waals surface area contributed by atoms with Crippen LogP contribution in [0.1, 0.15) is 41.2 Å². The van der Waals surface area contributed by atoms with Crippen molar-refractivity contribution in [3.63, 3.8) is 0 Å². The highest BCUT2D eigenvalue weighted by Crippen LogP contribution is 2.24. The predicted octanol–water partition coefficient (Wildman–Crippen LogP) is 3.12. The zero-order chi connectivity index (χ0) is 13.1. The number of aromatic nitrogens is 3. The molecule has 5 heteroatoms. The van der Waals surface area contributed by atoms with E-state index >= 15 is 0 Å². The maximum atomic E-state index is 4.47. The summed E-state index contributed by atoms with van der Waals surface area (Å²) in [7, 11) is 0. The van der Waals surface area contributed by atoms with E-state index in [0.29, 0.717) is 0 Å². The van der Waals surface area contributed by atoms with Crippen molar-refractivity contribution in [1.82, 2.24) is 15.0 Å². The largest absolute Gasteiger partial charge is 0.363 e. The fourth-order valence-corrected chi connectivity index (χ4v) is 3.20. The van der Waals surface area contributed by atoms with Gasteiger partial charge in [0.15, 0.2) is 0 Å². The van der Waals surface area contributed by atoms with E-state index in [9.17, 15) is 0 Å². The lowest BCUT2D eigenvalue weighted by Crippen LogP contribution is -2.07. The molecule has 0 unspecified atom stereocenters. The van der Waals surface area contributed by atoms with E-state index in [-0.39, 0.29) is 0 Å². The number of hydrogen-bond donors (Lipinski definition) is 1. The number of rotatable bonds is 3. The third kappa shape index (κ3) is 2.92. The predicted molar refractivity (Wildman–Crippen MR) is 77.5 cm³/mol. The first kappa shape index (κ1) is 12.5. The van der Waals surface area contributed by atoms with Crippen LogP contribution in [0.2, 0.25) is 0 Å². The van der Waals surface area contributed by atoms with Gasteiger partial charge in [0.25, 0.3) is 0 Å². The van der Waals surface area contributed by atoms with Crippen molar-refractivity contribution in [2.24, 2.45) is 0 Å². The number of anilines is 1. The van der Waals surface area contributed by atoms with E-state index in [1.807, 2.05) is 6.92 Å². The molecule has 0 bridgehead atoms. The highest BCUT2D eigenvalue weighted by Gasteiger charge is 2.14. The van der Waals surface area contributed by atoms with E-state index in [0.717, 1.165) is 35.9 Å². The number of hydrogen-bond acceptors (Lipinski definition) is 5. The van der Waals surface area contributed by atoms with Crippen LogP contribution in [0, 0.1) is 6.92 Å². The molecule has 100 valence electrons. The molecule has 0 spiro atoms. The Morgan fingerprint density at radius 2 is 2.11 bits per heavy atom. The Kier molecular flexibility index (Phi) is 3.73. The van der Waals surface area contributed by atoms with Crippen LogP contribution >= 0.6 is 11.3 Å². The summed E-state index contributed by atoms with van der Waals surface area (Å²) in [6.45, 7) is 2.78. The lowest BCUT2D eigenvalue weighted by molar-refractivity contribution is 0.708. The Morgan fingerprint density at radius 3 is 2.95 bits per heavy atom. The summed E-state index contributed by atoms with van der Waals surface area (Å²) in [4.78, 5) is 13.3. The van der Waals surface area contributed by atoms with Gasteiger partial charge in [-0.3, -0.25) is 0 Å². The van der Waals surface area contributed by atoms with E-state index in [2.05, 4.69) is 25.6 Å². The zero-order valence-corrected chi connectivity index (χ0v) is 12.0. The van der Waals surface area contributed by atoms with Crippen molar-refractivity contribution in [3.05, 3.63) is 33.7 Å². The fraction of sp³-hybridized carbons (Fsp3) is 0.500. The normalized spacial score (nSPS) is 14.8. The second-order valence-electron chi connectivity index (χ2n) is 4.94. The fourth-order valence-electron chi connectivity index (χ4n) is 2.49. The summed E-state index contributed by atoms with van der Waals surface area (Å²) >= 11 is 1.69. The van der Waals surface area contributed by atoms with Crippen LogP contribution in [0.5, 0.6) is 0 Å². The van der Waals surface area contributed by atoms with Crippen molar-refractivity contribution in [3.8, 4) is 0 Å². The number of thiazole rings is 1. The lowest BCUT2D eigenvalue weighted by Gasteiger charge is -2.11. The van der Waals surface area contributed by atoms with Crippen LogP contribution in [0.25, 0.3) is 0 Å². The van der Waals surface area contributed by atoms with E-state index in [1.54, 1.807) is 17.7 Å². The molecule has 0 aromatic carbocycles. The molecule has 4 nitrogen and oxygen atoms in total. The average Bonchev–Trinajstić information content (AvgIpc) is 2.69. The minimum absolute atomic E-state index is 0.752. The first-order chi connectivity index (χ1) is 9.33. The van der Waals surface area contributed by atoms with Crippen LogP contribution in [0.15, 0.2) is 11.7 Å². The lowest BCUT2D eigenvalue weighted by atomic mass is 10.1. The Balaban J connectivity index is 1.77. The third-order valence-corrected chi connectivity index (χ3v) is 4.42. The minimum Gasteiger partial charge on any atom is -0.363 e. The highest BCUT2D eigenvalue weighted by atomic mass is 32.1. The maximum Gasteiger partial charge on any atom is 0.133 e. The van der Waals surface area contributed by atoms with Crippen molar-refractivity contribution in [2.75, 3.05) is 5.32 Å². The average molecular weight is 274 g/mol.